The highest BCUT2D eigenvalue weighted by Crippen LogP contribution is 2.27. The van der Waals surface area contributed by atoms with Gasteiger partial charge in [0.25, 0.3) is 5.91 Å². The molecule has 6 heteroatoms. The molecule has 0 saturated carbocycles. The van der Waals surface area contributed by atoms with Crippen LogP contribution in [0.1, 0.15) is 30.1 Å². The van der Waals surface area contributed by atoms with E-state index in [-0.39, 0.29) is 24.4 Å². The summed E-state index contributed by atoms with van der Waals surface area (Å²) >= 11 is 0. The zero-order valence-electron chi connectivity index (χ0n) is 12.6. The molecule has 1 amide bonds. The van der Waals surface area contributed by atoms with E-state index in [2.05, 4.69) is 17.6 Å². The maximum atomic E-state index is 12.3. The first-order valence-corrected chi connectivity index (χ1v) is 6.90. The van der Waals surface area contributed by atoms with Crippen LogP contribution in [0, 0.1) is 0 Å². The number of piperidine rings is 1. The van der Waals surface area contributed by atoms with E-state index < -0.39 is 0 Å². The molecule has 1 fully saturated rings. The minimum atomic E-state index is -0.0648. The Morgan fingerprint density at radius 2 is 2.00 bits per heavy atom. The second kappa shape index (κ2) is 8.10. The second-order valence-corrected chi connectivity index (χ2v) is 5.12. The number of amides is 1. The Balaban J connectivity index is 0.00000220. The summed E-state index contributed by atoms with van der Waals surface area (Å²) in [4.78, 5) is 12.3. The summed E-state index contributed by atoms with van der Waals surface area (Å²) in [5, 5.41) is 6.45. The molecule has 1 aromatic carbocycles. The molecule has 118 valence electrons. The number of rotatable bonds is 4. The fourth-order valence-electron chi connectivity index (χ4n) is 2.51. The van der Waals surface area contributed by atoms with Crippen molar-refractivity contribution >= 4 is 18.3 Å². The predicted molar refractivity (Wildman–Crippen MR) is 84.7 cm³/mol. The fourth-order valence-corrected chi connectivity index (χ4v) is 2.51. The van der Waals surface area contributed by atoms with Crippen LogP contribution in [0.5, 0.6) is 11.5 Å². The highest BCUT2D eigenvalue weighted by atomic mass is 35.5. The number of hydrogen-bond acceptors (Lipinski definition) is 4. The van der Waals surface area contributed by atoms with Crippen molar-refractivity contribution in [3.8, 4) is 11.5 Å². The molecule has 0 bridgehead atoms. The van der Waals surface area contributed by atoms with Crippen molar-refractivity contribution in [3.05, 3.63) is 23.8 Å². The first-order chi connectivity index (χ1) is 9.63. The molecule has 0 aromatic heterocycles. The molecular formula is C15H23ClN2O3. The van der Waals surface area contributed by atoms with Gasteiger partial charge in [0.1, 0.15) is 0 Å². The summed E-state index contributed by atoms with van der Waals surface area (Å²) in [5.41, 5.74) is 0.592. The Morgan fingerprint density at radius 1 is 1.29 bits per heavy atom. The van der Waals surface area contributed by atoms with Crippen LogP contribution in [0.15, 0.2) is 18.2 Å². The van der Waals surface area contributed by atoms with Crippen molar-refractivity contribution in [2.24, 2.45) is 0 Å². The first-order valence-electron chi connectivity index (χ1n) is 6.90. The van der Waals surface area contributed by atoms with Gasteiger partial charge in [0.15, 0.2) is 11.5 Å². The Kier molecular flexibility index (Phi) is 6.78. The molecule has 1 saturated heterocycles. The highest BCUT2D eigenvalue weighted by molar-refractivity contribution is 5.95. The number of carbonyl (C=O) groups is 1. The summed E-state index contributed by atoms with van der Waals surface area (Å²) < 4.78 is 10.4. The van der Waals surface area contributed by atoms with Gasteiger partial charge in [-0.15, -0.1) is 12.4 Å². The van der Waals surface area contributed by atoms with E-state index in [1.165, 1.54) is 0 Å². The number of ether oxygens (including phenoxy) is 2. The molecule has 2 N–H and O–H groups in total. The normalized spacial score (nSPS) is 21.1. The third-order valence-corrected chi connectivity index (χ3v) is 3.60. The van der Waals surface area contributed by atoms with Crippen LogP contribution in [0.25, 0.3) is 0 Å². The van der Waals surface area contributed by atoms with Crippen LogP contribution >= 0.6 is 12.4 Å². The zero-order chi connectivity index (χ0) is 14.5. The van der Waals surface area contributed by atoms with Crippen molar-refractivity contribution in [2.45, 2.75) is 31.8 Å². The molecule has 2 unspecified atom stereocenters. The third kappa shape index (κ3) is 4.51. The molecule has 1 aliphatic rings. The molecule has 21 heavy (non-hydrogen) atoms. The van der Waals surface area contributed by atoms with Gasteiger partial charge in [-0.25, -0.2) is 0 Å². The van der Waals surface area contributed by atoms with Crippen molar-refractivity contribution in [1.82, 2.24) is 10.6 Å². The van der Waals surface area contributed by atoms with Crippen LogP contribution in [-0.2, 0) is 0 Å². The molecule has 0 spiro atoms. The molecule has 2 rings (SSSR count). The SMILES string of the molecule is COc1ccc(C(=O)NC2CCNC(C)C2)cc1OC.Cl. The molecule has 1 heterocycles. The zero-order valence-corrected chi connectivity index (χ0v) is 13.5. The number of halogens is 1. The van der Waals surface area contributed by atoms with E-state index in [4.69, 9.17) is 9.47 Å². The van der Waals surface area contributed by atoms with Gasteiger partial charge in [-0.2, -0.15) is 0 Å². The molecule has 2 atom stereocenters. The van der Waals surface area contributed by atoms with Gasteiger partial charge < -0.3 is 20.1 Å². The maximum absolute atomic E-state index is 12.3. The van der Waals surface area contributed by atoms with Crippen LogP contribution in [0.4, 0.5) is 0 Å². The lowest BCUT2D eigenvalue weighted by atomic mass is 10.0. The Morgan fingerprint density at radius 3 is 2.62 bits per heavy atom. The number of methoxy groups -OCH3 is 2. The van der Waals surface area contributed by atoms with Crippen LogP contribution < -0.4 is 20.1 Å². The van der Waals surface area contributed by atoms with E-state index in [1.807, 2.05) is 0 Å². The van der Waals surface area contributed by atoms with E-state index >= 15 is 0 Å². The lowest BCUT2D eigenvalue weighted by molar-refractivity contribution is 0.0925. The van der Waals surface area contributed by atoms with Crippen molar-refractivity contribution in [2.75, 3.05) is 20.8 Å². The quantitative estimate of drug-likeness (QED) is 0.892. The molecule has 1 aromatic rings. The van der Waals surface area contributed by atoms with Gasteiger partial charge in [0, 0.05) is 17.6 Å². The number of nitrogens with one attached hydrogen (secondary N) is 2. The largest absolute Gasteiger partial charge is 0.493 e. The lowest BCUT2D eigenvalue weighted by Gasteiger charge is -2.28. The van der Waals surface area contributed by atoms with Gasteiger partial charge in [-0.3, -0.25) is 4.79 Å². The van der Waals surface area contributed by atoms with Crippen LogP contribution in [0.3, 0.4) is 0 Å². The topological polar surface area (TPSA) is 59.6 Å². The van der Waals surface area contributed by atoms with Crippen LogP contribution in [-0.4, -0.2) is 38.8 Å². The standard InChI is InChI=1S/C15H22N2O3.ClH/c1-10-8-12(6-7-16-10)17-15(18)11-4-5-13(19-2)14(9-11)20-3;/h4-5,9-10,12,16H,6-8H2,1-3H3,(H,17,18);1H. The van der Waals surface area contributed by atoms with Gasteiger partial charge in [0.05, 0.1) is 14.2 Å². The number of benzene rings is 1. The molecule has 1 aliphatic heterocycles. The Labute approximate surface area is 131 Å². The summed E-state index contributed by atoms with van der Waals surface area (Å²) in [6.45, 7) is 3.08. The molecule has 0 aliphatic carbocycles. The molecule has 5 nitrogen and oxygen atoms in total. The van der Waals surface area contributed by atoms with Crippen LogP contribution in [0.2, 0.25) is 0 Å². The van der Waals surface area contributed by atoms with Crippen molar-refractivity contribution in [3.63, 3.8) is 0 Å². The summed E-state index contributed by atoms with van der Waals surface area (Å²) in [5.74, 6) is 1.13. The van der Waals surface area contributed by atoms with E-state index in [0.717, 1.165) is 19.4 Å². The average Bonchev–Trinajstić information content (AvgIpc) is 2.46. The minimum Gasteiger partial charge on any atom is -0.493 e. The van der Waals surface area contributed by atoms with E-state index in [0.29, 0.717) is 23.1 Å². The minimum absolute atomic E-state index is 0. The van der Waals surface area contributed by atoms with Gasteiger partial charge >= 0.3 is 0 Å². The number of carbonyl (C=O) groups excluding carboxylic acids is 1. The van der Waals surface area contributed by atoms with Gasteiger partial charge in [-0.05, 0) is 44.5 Å². The molecule has 0 radical (unpaired) electrons. The second-order valence-electron chi connectivity index (χ2n) is 5.12. The Bertz CT molecular complexity index is 482. The predicted octanol–water partition coefficient (Wildman–Crippen LogP) is 2.00. The fraction of sp³-hybridized carbons (Fsp3) is 0.533. The average molecular weight is 315 g/mol. The van der Waals surface area contributed by atoms with Crippen molar-refractivity contribution < 1.29 is 14.3 Å². The summed E-state index contributed by atoms with van der Waals surface area (Å²) in [6, 6.07) is 5.88. The highest BCUT2D eigenvalue weighted by Gasteiger charge is 2.21. The van der Waals surface area contributed by atoms with Gasteiger partial charge in [-0.1, -0.05) is 0 Å². The van der Waals surface area contributed by atoms with Gasteiger partial charge in [0.2, 0.25) is 0 Å². The molecular weight excluding hydrogens is 292 g/mol. The first kappa shape index (κ1) is 17.6. The van der Waals surface area contributed by atoms with E-state index in [1.54, 1.807) is 32.4 Å². The van der Waals surface area contributed by atoms with E-state index in [9.17, 15) is 4.79 Å². The van der Waals surface area contributed by atoms with Crippen molar-refractivity contribution in [1.29, 1.82) is 0 Å². The number of hydrogen-bond donors (Lipinski definition) is 2. The smallest absolute Gasteiger partial charge is 0.251 e. The monoisotopic (exact) mass is 314 g/mol. The summed E-state index contributed by atoms with van der Waals surface area (Å²) in [7, 11) is 3.14. The maximum Gasteiger partial charge on any atom is 0.251 e. The third-order valence-electron chi connectivity index (χ3n) is 3.60. The summed E-state index contributed by atoms with van der Waals surface area (Å²) in [6.07, 6.45) is 1.92. The Hall–Kier alpha value is -1.46. The lowest BCUT2D eigenvalue weighted by Crippen LogP contribution is -2.46.